The molecule has 0 unspecified atom stereocenters. The SMILES string of the molecule is O=C(O)c1ccc(Sc2nnc3n2CCCCC3)nn1. The Morgan fingerprint density at radius 3 is 2.80 bits per heavy atom. The van der Waals surface area contributed by atoms with Gasteiger partial charge in [-0.3, -0.25) is 0 Å². The van der Waals surface area contributed by atoms with Crippen molar-refractivity contribution in [3.05, 3.63) is 23.7 Å². The Morgan fingerprint density at radius 1 is 1.15 bits per heavy atom. The minimum Gasteiger partial charge on any atom is -0.476 e. The van der Waals surface area contributed by atoms with Gasteiger partial charge in [-0.2, -0.15) is 0 Å². The van der Waals surface area contributed by atoms with Crippen LogP contribution in [0.5, 0.6) is 0 Å². The molecule has 2 aromatic rings. The maximum atomic E-state index is 10.7. The number of hydrogen-bond donors (Lipinski definition) is 1. The van der Waals surface area contributed by atoms with Gasteiger partial charge in [-0.1, -0.05) is 6.42 Å². The number of fused-ring (bicyclic) bond motifs is 1. The van der Waals surface area contributed by atoms with Crippen LogP contribution < -0.4 is 0 Å². The quantitative estimate of drug-likeness (QED) is 0.918. The smallest absolute Gasteiger partial charge is 0.356 e. The zero-order chi connectivity index (χ0) is 13.9. The molecule has 7 nitrogen and oxygen atoms in total. The lowest BCUT2D eigenvalue weighted by Gasteiger charge is -2.05. The summed E-state index contributed by atoms with van der Waals surface area (Å²) in [5.74, 6) is -0.0643. The van der Waals surface area contributed by atoms with Crippen LogP contribution in [0.3, 0.4) is 0 Å². The first-order valence-corrected chi connectivity index (χ1v) is 7.22. The second-order valence-electron chi connectivity index (χ2n) is 4.53. The van der Waals surface area contributed by atoms with E-state index in [2.05, 4.69) is 25.0 Å². The Bertz CT molecular complexity index is 625. The lowest BCUT2D eigenvalue weighted by atomic mass is 10.2. The van der Waals surface area contributed by atoms with E-state index in [0.29, 0.717) is 5.03 Å². The van der Waals surface area contributed by atoms with Crippen LogP contribution in [0.4, 0.5) is 0 Å². The van der Waals surface area contributed by atoms with E-state index in [4.69, 9.17) is 5.11 Å². The Morgan fingerprint density at radius 2 is 2.05 bits per heavy atom. The van der Waals surface area contributed by atoms with E-state index in [1.807, 2.05) is 0 Å². The minimum absolute atomic E-state index is 0.0607. The Balaban J connectivity index is 1.81. The molecule has 0 radical (unpaired) electrons. The third-order valence-electron chi connectivity index (χ3n) is 3.13. The highest BCUT2D eigenvalue weighted by molar-refractivity contribution is 7.99. The first kappa shape index (κ1) is 13.0. The third kappa shape index (κ3) is 2.64. The first-order valence-electron chi connectivity index (χ1n) is 6.41. The number of aryl methyl sites for hydroxylation is 1. The summed E-state index contributed by atoms with van der Waals surface area (Å²) < 4.78 is 2.12. The highest BCUT2D eigenvalue weighted by Crippen LogP contribution is 2.26. The molecule has 2 aromatic heterocycles. The lowest BCUT2D eigenvalue weighted by molar-refractivity contribution is 0.0689. The number of aromatic nitrogens is 5. The van der Waals surface area contributed by atoms with Crippen LogP contribution in [-0.4, -0.2) is 36.0 Å². The van der Waals surface area contributed by atoms with E-state index in [9.17, 15) is 4.79 Å². The van der Waals surface area contributed by atoms with E-state index >= 15 is 0 Å². The summed E-state index contributed by atoms with van der Waals surface area (Å²) in [6.07, 6.45) is 4.44. The molecule has 0 saturated heterocycles. The summed E-state index contributed by atoms with van der Waals surface area (Å²) >= 11 is 1.36. The maximum absolute atomic E-state index is 10.7. The summed E-state index contributed by atoms with van der Waals surface area (Å²) in [7, 11) is 0. The van der Waals surface area contributed by atoms with Gasteiger partial charge in [0.2, 0.25) is 0 Å². The van der Waals surface area contributed by atoms with Crippen LogP contribution in [0.25, 0.3) is 0 Å². The minimum atomic E-state index is -1.08. The molecule has 104 valence electrons. The average molecular weight is 291 g/mol. The number of hydrogen-bond acceptors (Lipinski definition) is 6. The molecule has 0 bridgehead atoms. The molecular formula is C12H13N5O2S. The molecule has 3 rings (SSSR count). The highest BCUT2D eigenvalue weighted by Gasteiger charge is 2.16. The van der Waals surface area contributed by atoms with Crippen LogP contribution >= 0.6 is 11.8 Å². The molecule has 8 heteroatoms. The van der Waals surface area contributed by atoms with Crippen LogP contribution in [-0.2, 0) is 13.0 Å². The summed E-state index contributed by atoms with van der Waals surface area (Å²) in [6, 6.07) is 3.08. The number of carboxylic acid groups (broad SMARTS) is 1. The van der Waals surface area contributed by atoms with Gasteiger partial charge < -0.3 is 9.67 Å². The van der Waals surface area contributed by atoms with Gasteiger partial charge >= 0.3 is 5.97 Å². The van der Waals surface area contributed by atoms with E-state index < -0.39 is 5.97 Å². The zero-order valence-corrected chi connectivity index (χ0v) is 11.5. The molecule has 0 atom stereocenters. The molecule has 1 aliphatic heterocycles. The average Bonchev–Trinajstić information content (AvgIpc) is 2.69. The van der Waals surface area contributed by atoms with Gasteiger partial charge in [-0.25, -0.2) is 4.79 Å². The second-order valence-corrected chi connectivity index (χ2v) is 5.51. The maximum Gasteiger partial charge on any atom is 0.356 e. The van der Waals surface area contributed by atoms with Crippen molar-refractivity contribution in [2.75, 3.05) is 0 Å². The standard InChI is InChI=1S/C12H13N5O2S/c18-11(19)8-5-6-10(15-13-8)20-12-16-14-9-4-2-1-3-7-17(9)12/h5-6H,1-4,7H2,(H,18,19). The molecule has 1 N–H and O–H groups in total. The second kappa shape index (κ2) is 5.58. The van der Waals surface area contributed by atoms with E-state index in [0.717, 1.165) is 36.8 Å². The van der Waals surface area contributed by atoms with Crippen LogP contribution in [0.15, 0.2) is 22.3 Å². The van der Waals surface area contributed by atoms with Gasteiger partial charge in [0, 0.05) is 13.0 Å². The molecule has 0 spiro atoms. The fourth-order valence-electron chi connectivity index (χ4n) is 2.12. The lowest BCUT2D eigenvalue weighted by Crippen LogP contribution is -2.04. The predicted octanol–water partition coefficient (Wildman–Crippen LogP) is 1.64. The largest absolute Gasteiger partial charge is 0.476 e. The van der Waals surface area contributed by atoms with Crippen molar-refractivity contribution in [2.45, 2.75) is 42.4 Å². The Hall–Kier alpha value is -1.96. The molecular weight excluding hydrogens is 278 g/mol. The summed E-state index contributed by atoms with van der Waals surface area (Å²) in [5, 5.41) is 26.1. The number of rotatable bonds is 3. The van der Waals surface area contributed by atoms with Crippen molar-refractivity contribution in [3.63, 3.8) is 0 Å². The fourth-order valence-corrected chi connectivity index (χ4v) is 2.91. The zero-order valence-electron chi connectivity index (χ0n) is 10.7. The highest BCUT2D eigenvalue weighted by atomic mass is 32.2. The van der Waals surface area contributed by atoms with E-state index in [1.165, 1.54) is 24.2 Å². The summed E-state index contributed by atoms with van der Waals surface area (Å²) in [4.78, 5) is 10.7. The van der Waals surface area contributed by atoms with Crippen LogP contribution in [0.1, 0.15) is 35.6 Å². The molecule has 1 aliphatic rings. The van der Waals surface area contributed by atoms with Crippen LogP contribution in [0.2, 0.25) is 0 Å². The molecule has 0 aliphatic carbocycles. The topological polar surface area (TPSA) is 93.8 Å². The van der Waals surface area contributed by atoms with Gasteiger partial charge in [0.1, 0.15) is 10.9 Å². The number of aromatic carboxylic acids is 1. The monoisotopic (exact) mass is 291 g/mol. The van der Waals surface area contributed by atoms with E-state index in [-0.39, 0.29) is 5.69 Å². The van der Waals surface area contributed by atoms with Gasteiger partial charge in [0.15, 0.2) is 10.9 Å². The van der Waals surface area contributed by atoms with Crippen molar-refractivity contribution < 1.29 is 9.90 Å². The molecule has 0 saturated carbocycles. The normalized spacial score (nSPS) is 14.6. The summed E-state index contributed by atoms with van der Waals surface area (Å²) in [6.45, 7) is 0.922. The van der Waals surface area contributed by atoms with Gasteiger partial charge in [0.05, 0.1) is 0 Å². The predicted molar refractivity (Wildman–Crippen MR) is 70.7 cm³/mol. The summed E-state index contributed by atoms with van der Waals surface area (Å²) in [5.41, 5.74) is -0.0607. The number of nitrogens with zero attached hydrogens (tertiary/aromatic N) is 5. The molecule has 3 heterocycles. The number of carboxylic acids is 1. The van der Waals surface area contributed by atoms with Crippen molar-refractivity contribution in [3.8, 4) is 0 Å². The fraction of sp³-hybridized carbons (Fsp3) is 0.417. The third-order valence-corrected chi connectivity index (χ3v) is 4.04. The van der Waals surface area contributed by atoms with Crippen molar-refractivity contribution in [1.82, 2.24) is 25.0 Å². The molecule has 0 amide bonds. The van der Waals surface area contributed by atoms with Gasteiger partial charge in [-0.15, -0.1) is 20.4 Å². The Kier molecular flexibility index (Phi) is 3.64. The van der Waals surface area contributed by atoms with Gasteiger partial charge in [0.25, 0.3) is 0 Å². The molecule has 0 aromatic carbocycles. The van der Waals surface area contributed by atoms with Crippen molar-refractivity contribution in [2.24, 2.45) is 0 Å². The number of carbonyl (C=O) groups is 1. The van der Waals surface area contributed by atoms with Crippen LogP contribution in [0, 0.1) is 0 Å². The first-order chi connectivity index (χ1) is 9.74. The van der Waals surface area contributed by atoms with E-state index in [1.54, 1.807) is 6.07 Å². The van der Waals surface area contributed by atoms with Gasteiger partial charge in [-0.05, 0) is 36.7 Å². The molecule has 0 fully saturated rings. The Labute approximate surface area is 119 Å². The molecule has 20 heavy (non-hydrogen) atoms. The van der Waals surface area contributed by atoms with Crippen molar-refractivity contribution in [1.29, 1.82) is 0 Å². The van der Waals surface area contributed by atoms with Crippen molar-refractivity contribution >= 4 is 17.7 Å².